The van der Waals surface area contributed by atoms with Crippen LogP contribution in [-0.2, 0) is 4.74 Å². The van der Waals surface area contributed by atoms with E-state index < -0.39 is 0 Å². The molecule has 11 heavy (non-hydrogen) atoms. The van der Waals surface area contributed by atoms with Crippen molar-refractivity contribution in [3.8, 4) is 0 Å². The molecule has 0 amide bonds. The van der Waals surface area contributed by atoms with Crippen LogP contribution in [0.5, 0.6) is 0 Å². The molecule has 1 atom stereocenters. The Morgan fingerprint density at radius 2 is 2.45 bits per heavy atom. The Bertz CT molecular complexity index is 128. The third-order valence-corrected chi connectivity index (χ3v) is 1.65. The summed E-state index contributed by atoms with van der Waals surface area (Å²) in [5.74, 6) is 0. The van der Waals surface area contributed by atoms with Gasteiger partial charge in [-0.25, -0.2) is 0 Å². The number of ether oxygens (including phenoxy) is 1. The zero-order chi connectivity index (χ0) is 8.10. The highest BCUT2D eigenvalue weighted by Gasteiger charge is 2.13. The van der Waals surface area contributed by atoms with Crippen molar-refractivity contribution in [2.24, 2.45) is 4.99 Å². The van der Waals surface area contributed by atoms with E-state index in [1.165, 1.54) is 12.8 Å². The lowest BCUT2D eigenvalue weighted by atomic mass is 10.2. The Labute approximate surface area is 68.1 Å². The summed E-state index contributed by atoms with van der Waals surface area (Å²) in [5, 5.41) is 0. The Morgan fingerprint density at radius 3 is 3.00 bits per heavy atom. The topological polar surface area (TPSA) is 24.8 Å². The summed E-state index contributed by atoms with van der Waals surface area (Å²) in [6.45, 7) is 1.74. The van der Waals surface area contributed by atoms with Crippen molar-refractivity contribution in [1.29, 1.82) is 0 Å². The predicted molar refractivity (Wildman–Crippen MR) is 46.0 cm³/mol. The second-order valence-corrected chi connectivity index (χ2v) is 3.08. The Kier molecular flexibility index (Phi) is 3.36. The lowest BCUT2D eigenvalue weighted by Gasteiger charge is -2.06. The van der Waals surface area contributed by atoms with Gasteiger partial charge in [0.15, 0.2) is 0 Å². The summed E-state index contributed by atoms with van der Waals surface area (Å²) < 4.78 is 5.40. The molecule has 1 saturated heterocycles. The van der Waals surface area contributed by atoms with Crippen LogP contribution >= 0.6 is 0 Å². The van der Waals surface area contributed by atoms with Crippen LogP contribution in [0.2, 0.25) is 0 Å². The average Bonchev–Trinajstić information content (AvgIpc) is 2.39. The zero-order valence-electron chi connectivity index (χ0n) is 7.29. The second kappa shape index (κ2) is 4.34. The first-order valence-corrected chi connectivity index (χ1v) is 4.07. The molecule has 0 aliphatic carbocycles. The van der Waals surface area contributed by atoms with Gasteiger partial charge in [0.05, 0.1) is 19.0 Å². The third kappa shape index (κ3) is 3.37. The fraction of sp³-hybridized carbons (Fsp3) is 0.875. The Morgan fingerprint density at radius 1 is 1.64 bits per heavy atom. The predicted octanol–water partition coefficient (Wildman–Crippen LogP) is 0.755. The van der Waals surface area contributed by atoms with E-state index in [1.807, 2.05) is 25.3 Å². The fourth-order valence-corrected chi connectivity index (χ4v) is 1.12. The van der Waals surface area contributed by atoms with Gasteiger partial charge in [-0.05, 0) is 12.8 Å². The van der Waals surface area contributed by atoms with Crippen LogP contribution in [0.3, 0.4) is 0 Å². The van der Waals surface area contributed by atoms with E-state index in [4.69, 9.17) is 4.74 Å². The number of hydrogen-bond donors (Lipinski definition) is 0. The number of hydrogen-bond acceptors (Lipinski definition) is 2. The Balaban J connectivity index is 2.10. The van der Waals surface area contributed by atoms with Crippen molar-refractivity contribution >= 4 is 6.34 Å². The quantitative estimate of drug-likeness (QED) is 0.445. The number of nitrogens with zero attached hydrogens (tertiary/aromatic N) is 2. The lowest BCUT2D eigenvalue weighted by Crippen LogP contribution is -2.13. The van der Waals surface area contributed by atoms with Crippen LogP contribution in [0.1, 0.15) is 12.8 Å². The molecule has 1 heterocycles. The van der Waals surface area contributed by atoms with Crippen LogP contribution in [0.15, 0.2) is 4.99 Å². The number of aliphatic imine (C=N–C) groups is 1. The molecular formula is C8H16N2O. The molecule has 1 fully saturated rings. The van der Waals surface area contributed by atoms with E-state index in [-0.39, 0.29) is 0 Å². The van der Waals surface area contributed by atoms with Gasteiger partial charge in [0.25, 0.3) is 0 Å². The third-order valence-electron chi connectivity index (χ3n) is 1.65. The monoisotopic (exact) mass is 156 g/mol. The largest absolute Gasteiger partial charge is 0.376 e. The molecule has 3 heteroatoms. The van der Waals surface area contributed by atoms with Gasteiger partial charge >= 0.3 is 0 Å². The van der Waals surface area contributed by atoms with E-state index in [0.29, 0.717) is 6.10 Å². The summed E-state index contributed by atoms with van der Waals surface area (Å²) in [6.07, 6.45) is 4.58. The van der Waals surface area contributed by atoms with E-state index in [9.17, 15) is 0 Å². The van der Waals surface area contributed by atoms with Gasteiger partial charge < -0.3 is 9.64 Å². The minimum absolute atomic E-state index is 0.381. The van der Waals surface area contributed by atoms with E-state index in [0.717, 1.165) is 13.2 Å². The standard InChI is InChI=1S/C8H16N2O/c1-10(2)7-9-6-8-4-3-5-11-8/h7-8H,3-6H2,1-2H3. The molecule has 64 valence electrons. The first-order valence-electron chi connectivity index (χ1n) is 4.07. The van der Waals surface area contributed by atoms with E-state index in [1.54, 1.807) is 0 Å². The maximum Gasteiger partial charge on any atom is 0.0845 e. The number of rotatable bonds is 3. The fourth-order valence-electron chi connectivity index (χ4n) is 1.12. The minimum Gasteiger partial charge on any atom is -0.376 e. The molecule has 1 aliphatic rings. The first-order chi connectivity index (χ1) is 5.29. The van der Waals surface area contributed by atoms with Crippen molar-refractivity contribution in [3.63, 3.8) is 0 Å². The van der Waals surface area contributed by atoms with Gasteiger partial charge in [0.1, 0.15) is 0 Å². The maximum absolute atomic E-state index is 5.40. The molecule has 1 aliphatic heterocycles. The molecule has 1 unspecified atom stereocenters. The van der Waals surface area contributed by atoms with Crippen LogP contribution in [0, 0.1) is 0 Å². The molecule has 0 bridgehead atoms. The van der Waals surface area contributed by atoms with Crippen LogP contribution < -0.4 is 0 Å². The molecule has 3 nitrogen and oxygen atoms in total. The summed E-state index contributed by atoms with van der Waals surface area (Å²) in [6, 6.07) is 0. The zero-order valence-corrected chi connectivity index (χ0v) is 7.29. The van der Waals surface area contributed by atoms with Crippen LogP contribution in [0.4, 0.5) is 0 Å². The molecule has 0 aromatic carbocycles. The average molecular weight is 156 g/mol. The molecule has 0 radical (unpaired) electrons. The van der Waals surface area contributed by atoms with Gasteiger partial charge in [-0.1, -0.05) is 0 Å². The van der Waals surface area contributed by atoms with Gasteiger partial charge in [-0.3, -0.25) is 4.99 Å². The van der Waals surface area contributed by atoms with Crippen molar-refractivity contribution in [3.05, 3.63) is 0 Å². The molecule has 0 aromatic heterocycles. The first kappa shape index (κ1) is 8.53. The lowest BCUT2D eigenvalue weighted by molar-refractivity contribution is 0.118. The van der Waals surface area contributed by atoms with Crippen molar-refractivity contribution in [2.75, 3.05) is 27.2 Å². The summed E-state index contributed by atoms with van der Waals surface area (Å²) >= 11 is 0. The highest BCUT2D eigenvalue weighted by molar-refractivity contribution is 5.53. The molecule has 0 spiro atoms. The summed E-state index contributed by atoms with van der Waals surface area (Å²) in [4.78, 5) is 6.17. The van der Waals surface area contributed by atoms with Gasteiger partial charge in [-0.2, -0.15) is 0 Å². The highest BCUT2D eigenvalue weighted by Crippen LogP contribution is 2.11. The van der Waals surface area contributed by atoms with Gasteiger partial charge in [-0.15, -0.1) is 0 Å². The SMILES string of the molecule is CN(C)C=NCC1CCCO1. The molecular weight excluding hydrogens is 140 g/mol. The minimum atomic E-state index is 0.381. The smallest absolute Gasteiger partial charge is 0.0845 e. The molecule has 0 saturated carbocycles. The van der Waals surface area contributed by atoms with Crippen molar-refractivity contribution in [1.82, 2.24) is 4.90 Å². The molecule has 1 rings (SSSR count). The molecule has 0 aromatic rings. The van der Waals surface area contributed by atoms with Crippen molar-refractivity contribution < 1.29 is 4.74 Å². The Hall–Kier alpha value is -0.570. The van der Waals surface area contributed by atoms with Gasteiger partial charge in [0, 0.05) is 20.7 Å². The highest BCUT2D eigenvalue weighted by atomic mass is 16.5. The second-order valence-electron chi connectivity index (χ2n) is 3.08. The van der Waals surface area contributed by atoms with E-state index >= 15 is 0 Å². The normalized spacial score (nSPS) is 24.7. The van der Waals surface area contributed by atoms with E-state index in [2.05, 4.69) is 4.99 Å². The maximum atomic E-state index is 5.40. The molecule has 0 N–H and O–H groups in total. The van der Waals surface area contributed by atoms with Crippen LogP contribution in [-0.4, -0.2) is 44.6 Å². The summed E-state index contributed by atoms with van der Waals surface area (Å²) in [5.41, 5.74) is 0. The van der Waals surface area contributed by atoms with Crippen LogP contribution in [0.25, 0.3) is 0 Å². The van der Waals surface area contributed by atoms with Crippen molar-refractivity contribution in [2.45, 2.75) is 18.9 Å². The van der Waals surface area contributed by atoms with Gasteiger partial charge in [0.2, 0.25) is 0 Å². The summed E-state index contributed by atoms with van der Waals surface area (Å²) in [7, 11) is 3.94.